The third-order valence-corrected chi connectivity index (χ3v) is 3.26. The van der Waals surface area contributed by atoms with E-state index >= 15 is 0 Å². The first-order chi connectivity index (χ1) is 9.51. The Morgan fingerprint density at radius 2 is 2.05 bits per heavy atom. The largest absolute Gasteiger partial charge is 0.353 e. The van der Waals surface area contributed by atoms with Crippen LogP contribution in [0.1, 0.15) is 37.7 Å². The number of pyridine rings is 1. The summed E-state index contributed by atoms with van der Waals surface area (Å²) < 4.78 is 2.15. The number of fused-ring (bicyclic) bond motifs is 1. The highest BCUT2D eigenvalue weighted by molar-refractivity contribution is 5.96. The molecular weight excluding hydrogens is 250 g/mol. The highest BCUT2D eigenvalue weighted by atomic mass is 16.2. The molecule has 0 radical (unpaired) electrons. The number of carbonyl (C=O) groups excluding carboxylic acids is 1. The van der Waals surface area contributed by atoms with Crippen molar-refractivity contribution in [3.05, 3.63) is 30.4 Å². The van der Waals surface area contributed by atoms with Crippen molar-refractivity contribution in [2.24, 2.45) is 5.92 Å². The van der Waals surface area contributed by atoms with Crippen LogP contribution in [0.3, 0.4) is 0 Å². The second-order valence-electron chi connectivity index (χ2n) is 5.77. The smallest absolute Gasteiger partial charge is 0.272 e. The molecule has 0 spiro atoms. The molecule has 0 aliphatic heterocycles. The molecule has 0 saturated carbocycles. The van der Waals surface area contributed by atoms with Gasteiger partial charge in [0.25, 0.3) is 5.91 Å². The predicted octanol–water partition coefficient (Wildman–Crippen LogP) is 3.17. The van der Waals surface area contributed by atoms with Gasteiger partial charge in [0, 0.05) is 49.5 Å². The third-order valence-electron chi connectivity index (χ3n) is 3.26. The van der Waals surface area contributed by atoms with Crippen LogP contribution >= 0.6 is 0 Å². The maximum Gasteiger partial charge on any atom is 0.272 e. The van der Waals surface area contributed by atoms with Crippen molar-refractivity contribution in [2.75, 3.05) is 13.6 Å². The van der Waals surface area contributed by atoms with Crippen molar-refractivity contribution in [3.8, 4) is 0 Å². The van der Waals surface area contributed by atoms with Crippen molar-refractivity contribution < 1.29 is 4.79 Å². The van der Waals surface area contributed by atoms with Gasteiger partial charge in [-0.25, -0.2) is 0 Å². The molecule has 0 saturated heterocycles. The summed E-state index contributed by atoms with van der Waals surface area (Å²) >= 11 is 0. The van der Waals surface area contributed by atoms with Crippen molar-refractivity contribution >= 4 is 16.7 Å². The van der Waals surface area contributed by atoms with Gasteiger partial charge in [-0.05, 0) is 18.4 Å². The fraction of sp³-hybridized carbons (Fsp3) is 0.500. The van der Waals surface area contributed by atoms with E-state index in [0.717, 1.165) is 30.3 Å². The molecule has 2 rings (SSSR count). The molecule has 2 aromatic rings. The molecule has 4 nitrogen and oxygen atoms in total. The van der Waals surface area contributed by atoms with Crippen molar-refractivity contribution in [1.82, 2.24) is 14.5 Å². The van der Waals surface area contributed by atoms with Gasteiger partial charge in [-0.3, -0.25) is 9.78 Å². The molecule has 0 fully saturated rings. The molecule has 108 valence electrons. The molecule has 2 aromatic heterocycles. The lowest BCUT2D eigenvalue weighted by Crippen LogP contribution is -2.30. The normalized spacial score (nSPS) is 11.2. The van der Waals surface area contributed by atoms with Gasteiger partial charge in [-0.1, -0.05) is 20.8 Å². The van der Waals surface area contributed by atoms with Crippen LogP contribution in [-0.4, -0.2) is 34.0 Å². The lowest BCUT2D eigenvalue weighted by Gasteiger charge is -2.18. The Morgan fingerprint density at radius 1 is 1.35 bits per heavy atom. The summed E-state index contributed by atoms with van der Waals surface area (Å²) in [4.78, 5) is 18.4. The van der Waals surface area contributed by atoms with E-state index in [-0.39, 0.29) is 5.91 Å². The van der Waals surface area contributed by atoms with Gasteiger partial charge in [0.1, 0.15) is 5.69 Å². The average Bonchev–Trinajstić information content (AvgIpc) is 2.78. The minimum atomic E-state index is -0.0103. The number of nitrogens with zero attached hydrogens (tertiary/aromatic N) is 3. The van der Waals surface area contributed by atoms with Crippen LogP contribution in [0.2, 0.25) is 0 Å². The molecule has 0 aliphatic carbocycles. The van der Waals surface area contributed by atoms with Crippen LogP contribution in [0.25, 0.3) is 10.8 Å². The van der Waals surface area contributed by atoms with Crippen LogP contribution < -0.4 is 0 Å². The van der Waals surface area contributed by atoms with Crippen molar-refractivity contribution in [2.45, 2.75) is 33.7 Å². The Kier molecular flexibility index (Phi) is 4.42. The molecule has 20 heavy (non-hydrogen) atoms. The fourth-order valence-electron chi connectivity index (χ4n) is 2.43. The number of hydrogen-bond donors (Lipinski definition) is 0. The summed E-state index contributed by atoms with van der Waals surface area (Å²) in [6.45, 7) is 8.09. The van der Waals surface area contributed by atoms with Crippen LogP contribution in [0.5, 0.6) is 0 Å². The first-order valence-electron chi connectivity index (χ1n) is 7.22. The first-order valence-corrected chi connectivity index (χ1v) is 7.22. The summed E-state index contributed by atoms with van der Waals surface area (Å²) in [5.41, 5.74) is 0.523. The number of carbonyl (C=O) groups is 1. The molecule has 0 atom stereocenters. The van der Waals surface area contributed by atoms with Crippen molar-refractivity contribution in [1.29, 1.82) is 0 Å². The highest BCUT2D eigenvalue weighted by Crippen LogP contribution is 2.16. The van der Waals surface area contributed by atoms with Gasteiger partial charge in [0.05, 0.1) is 0 Å². The monoisotopic (exact) mass is 273 g/mol. The Bertz CT molecular complexity index is 601. The van der Waals surface area contributed by atoms with Gasteiger partial charge in [0.15, 0.2) is 0 Å². The van der Waals surface area contributed by atoms with Crippen LogP contribution in [0.4, 0.5) is 0 Å². The van der Waals surface area contributed by atoms with Gasteiger partial charge in [-0.2, -0.15) is 0 Å². The Hall–Kier alpha value is -1.84. The topological polar surface area (TPSA) is 38.1 Å². The summed E-state index contributed by atoms with van der Waals surface area (Å²) in [6.07, 6.45) is 7.05. The summed E-state index contributed by atoms with van der Waals surface area (Å²) in [7, 11) is 1.83. The number of aromatic nitrogens is 2. The Morgan fingerprint density at radius 3 is 2.70 bits per heavy atom. The summed E-state index contributed by atoms with van der Waals surface area (Å²) in [5.74, 6) is 0.446. The summed E-state index contributed by atoms with van der Waals surface area (Å²) in [6, 6.07) is 1.89. The molecule has 0 N–H and O–H groups in total. The van der Waals surface area contributed by atoms with E-state index in [1.54, 1.807) is 11.1 Å². The molecule has 0 aliphatic rings. The van der Waals surface area contributed by atoms with Gasteiger partial charge >= 0.3 is 0 Å². The van der Waals surface area contributed by atoms with Crippen LogP contribution in [0.15, 0.2) is 24.7 Å². The predicted molar refractivity (Wildman–Crippen MR) is 81.8 cm³/mol. The van der Waals surface area contributed by atoms with E-state index in [0.29, 0.717) is 11.6 Å². The van der Waals surface area contributed by atoms with Crippen LogP contribution in [-0.2, 0) is 6.54 Å². The molecule has 0 unspecified atom stereocenters. The maximum absolute atomic E-state index is 12.3. The van der Waals surface area contributed by atoms with Crippen molar-refractivity contribution in [3.63, 3.8) is 0 Å². The third kappa shape index (κ3) is 3.18. The highest BCUT2D eigenvalue weighted by Gasteiger charge is 2.15. The second-order valence-corrected chi connectivity index (χ2v) is 5.77. The minimum Gasteiger partial charge on any atom is -0.353 e. The zero-order valence-electron chi connectivity index (χ0n) is 12.8. The number of rotatable bonds is 5. The average molecular weight is 273 g/mol. The summed E-state index contributed by atoms with van der Waals surface area (Å²) in [5, 5.41) is 2.16. The molecule has 0 bridgehead atoms. The lowest BCUT2D eigenvalue weighted by atomic mass is 10.2. The van der Waals surface area contributed by atoms with Gasteiger partial charge < -0.3 is 9.47 Å². The molecule has 1 amide bonds. The lowest BCUT2D eigenvalue weighted by molar-refractivity contribution is 0.0773. The molecule has 0 aromatic carbocycles. The molecular formula is C16H23N3O. The number of amides is 1. The van der Waals surface area contributed by atoms with Gasteiger partial charge in [-0.15, -0.1) is 0 Å². The fourth-order valence-corrected chi connectivity index (χ4v) is 2.43. The molecule has 4 heteroatoms. The van der Waals surface area contributed by atoms with E-state index in [1.165, 1.54) is 0 Å². The van der Waals surface area contributed by atoms with Gasteiger partial charge in [0.2, 0.25) is 0 Å². The van der Waals surface area contributed by atoms with E-state index in [1.807, 2.05) is 13.1 Å². The minimum absolute atomic E-state index is 0.0103. The zero-order chi connectivity index (χ0) is 14.7. The quantitative estimate of drug-likeness (QED) is 0.839. The van der Waals surface area contributed by atoms with E-state index < -0.39 is 0 Å². The van der Waals surface area contributed by atoms with E-state index in [2.05, 4.69) is 42.7 Å². The van der Waals surface area contributed by atoms with E-state index in [9.17, 15) is 4.79 Å². The number of aryl methyl sites for hydroxylation is 1. The second kappa shape index (κ2) is 6.07. The van der Waals surface area contributed by atoms with Crippen LogP contribution in [0, 0.1) is 5.92 Å². The zero-order valence-corrected chi connectivity index (χ0v) is 12.8. The maximum atomic E-state index is 12.3. The Labute approximate surface area is 120 Å². The van der Waals surface area contributed by atoms with E-state index in [4.69, 9.17) is 0 Å². The molecule has 2 heterocycles. The standard InChI is InChI=1S/C16H23N3O/c1-5-6-19-10-13-7-15(17-8-14(13)11-19)16(20)18(4)9-12(2)3/h7-8,10-12H,5-6,9H2,1-4H3. The Balaban J connectivity index is 2.24. The first kappa shape index (κ1) is 14.6. The number of hydrogen-bond acceptors (Lipinski definition) is 2. The SMILES string of the molecule is CCCn1cc2cnc(C(=O)N(C)CC(C)C)cc2c1.